The zero-order valence-corrected chi connectivity index (χ0v) is 26.3. The maximum Gasteiger partial charge on any atom is 0.407 e. The number of alkyl carbamates (subject to hydrolysis) is 1. The highest BCUT2D eigenvalue weighted by Crippen LogP contribution is 2.11. The number of amides is 1. The molecule has 1 aromatic carbocycles. The second-order valence-corrected chi connectivity index (χ2v) is 10.2. The van der Waals surface area contributed by atoms with Crippen molar-refractivity contribution in [3.63, 3.8) is 0 Å². The number of ether oxygens (including phenoxy) is 7. The molecule has 1 aromatic rings. The smallest absolute Gasteiger partial charge is 0.407 e. The van der Waals surface area contributed by atoms with Gasteiger partial charge in [0.2, 0.25) is 0 Å². The SMILES string of the molecule is CCCCCCCCCCCCCOCCOCCOCCOCCOCCOCCNC(=O)OCc1ccccc1. The zero-order valence-electron chi connectivity index (χ0n) is 26.3. The lowest BCUT2D eigenvalue weighted by Gasteiger charge is -2.09. The van der Waals surface area contributed by atoms with E-state index >= 15 is 0 Å². The van der Waals surface area contributed by atoms with Crippen LogP contribution in [0.1, 0.15) is 83.1 Å². The van der Waals surface area contributed by atoms with Crippen molar-refractivity contribution in [3.8, 4) is 0 Å². The fourth-order valence-corrected chi connectivity index (χ4v) is 4.07. The van der Waals surface area contributed by atoms with E-state index in [4.69, 9.17) is 33.2 Å². The lowest BCUT2D eigenvalue weighted by atomic mass is 10.1. The number of hydrogen-bond acceptors (Lipinski definition) is 8. The predicted octanol–water partition coefficient (Wildman–Crippen LogP) is 6.32. The van der Waals surface area contributed by atoms with Crippen LogP contribution in [0.25, 0.3) is 0 Å². The molecule has 0 aliphatic rings. The summed E-state index contributed by atoms with van der Waals surface area (Å²) in [4.78, 5) is 11.6. The summed E-state index contributed by atoms with van der Waals surface area (Å²) in [5, 5.41) is 2.65. The zero-order chi connectivity index (χ0) is 30.0. The molecule has 0 bridgehead atoms. The normalized spacial score (nSPS) is 11.2. The Hall–Kier alpha value is -1.75. The van der Waals surface area contributed by atoms with Crippen molar-refractivity contribution in [2.75, 3.05) is 85.8 Å². The minimum absolute atomic E-state index is 0.249. The first kappa shape index (κ1) is 38.3. The number of carbonyl (C=O) groups excluding carboxylic acids is 1. The quantitative estimate of drug-likeness (QED) is 0.0965. The lowest BCUT2D eigenvalue weighted by molar-refractivity contribution is -0.0167. The van der Waals surface area contributed by atoms with Crippen molar-refractivity contribution in [3.05, 3.63) is 35.9 Å². The van der Waals surface area contributed by atoms with Crippen LogP contribution in [-0.4, -0.2) is 91.9 Å². The summed E-state index contributed by atoms with van der Waals surface area (Å²) in [6.07, 6.45) is 14.4. The molecule has 1 amide bonds. The van der Waals surface area contributed by atoms with Gasteiger partial charge in [0.05, 0.1) is 72.7 Å². The Balaban J connectivity index is 1.65. The predicted molar refractivity (Wildman–Crippen MR) is 166 cm³/mol. The average molecular weight is 598 g/mol. The average Bonchev–Trinajstić information content (AvgIpc) is 3.01. The molecule has 1 N–H and O–H groups in total. The summed E-state index contributed by atoms with van der Waals surface area (Å²) < 4.78 is 38.2. The maximum absolute atomic E-state index is 11.6. The molecular formula is C33H59NO8. The summed E-state index contributed by atoms with van der Waals surface area (Å²) >= 11 is 0. The van der Waals surface area contributed by atoms with Gasteiger partial charge in [0.25, 0.3) is 0 Å². The second kappa shape index (κ2) is 32.2. The monoisotopic (exact) mass is 597 g/mol. The van der Waals surface area contributed by atoms with Gasteiger partial charge in [-0.05, 0) is 12.0 Å². The molecule has 0 aromatic heterocycles. The van der Waals surface area contributed by atoms with Crippen molar-refractivity contribution in [2.24, 2.45) is 0 Å². The van der Waals surface area contributed by atoms with Gasteiger partial charge in [0.15, 0.2) is 0 Å². The van der Waals surface area contributed by atoms with Crippen molar-refractivity contribution in [2.45, 2.75) is 84.2 Å². The van der Waals surface area contributed by atoms with E-state index in [1.807, 2.05) is 30.3 Å². The standard InChI is InChI=1S/C33H59NO8/c1-2-3-4-5-6-7-8-9-10-11-15-19-36-21-23-38-25-27-40-29-30-41-28-26-39-24-22-37-20-18-34-33(35)42-31-32-16-13-12-14-17-32/h12-14,16-17H,2-11,15,18-31H2,1H3,(H,34,35). The Morgan fingerprint density at radius 1 is 0.524 bits per heavy atom. The molecule has 0 atom stereocenters. The molecule has 0 unspecified atom stereocenters. The third-order valence-electron chi connectivity index (χ3n) is 6.48. The van der Waals surface area contributed by atoms with Gasteiger partial charge in [-0.15, -0.1) is 0 Å². The summed E-state index contributed by atoms with van der Waals surface area (Å²) in [5.41, 5.74) is 0.948. The summed E-state index contributed by atoms with van der Waals surface area (Å²) in [7, 11) is 0. The largest absolute Gasteiger partial charge is 0.445 e. The fourth-order valence-electron chi connectivity index (χ4n) is 4.07. The Kier molecular flexibility index (Phi) is 29.3. The molecular weight excluding hydrogens is 538 g/mol. The van der Waals surface area contributed by atoms with Crippen LogP contribution < -0.4 is 5.32 Å². The van der Waals surface area contributed by atoms with Gasteiger partial charge in [0, 0.05) is 13.2 Å². The Labute approximate surface area is 255 Å². The molecule has 1 rings (SSSR count). The lowest BCUT2D eigenvalue weighted by Crippen LogP contribution is -2.28. The van der Waals surface area contributed by atoms with E-state index in [-0.39, 0.29) is 6.61 Å². The van der Waals surface area contributed by atoms with Gasteiger partial charge < -0.3 is 38.5 Å². The van der Waals surface area contributed by atoms with E-state index in [0.29, 0.717) is 79.2 Å². The molecule has 0 spiro atoms. The number of nitrogens with one attached hydrogen (secondary N) is 1. The van der Waals surface area contributed by atoms with E-state index in [1.54, 1.807) is 0 Å². The molecule has 0 radical (unpaired) electrons. The van der Waals surface area contributed by atoms with Crippen LogP contribution in [0, 0.1) is 0 Å². The molecule has 9 heteroatoms. The summed E-state index contributed by atoms with van der Waals surface area (Å²) in [5.74, 6) is 0. The Bertz CT molecular complexity index is 679. The third-order valence-corrected chi connectivity index (χ3v) is 6.48. The highest BCUT2D eigenvalue weighted by molar-refractivity contribution is 5.67. The van der Waals surface area contributed by atoms with E-state index in [0.717, 1.165) is 18.6 Å². The van der Waals surface area contributed by atoms with E-state index < -0.39 is 6.09 Å². The third kappa shape index (κ3) is 28.4. The number of rotatable bonds is 32. The maximum atomic E-state index is 11.6. The first-order chi connectivity index (χ1) is 20.8. The minimum atomic E-state index is -0.456. The van der Waals surface area contributed by atoms with Crippen molar-refractivity contribution >= 4 is 6.09 Å². The van der Waals surface area contributed by atoms with E-state index in [2.05, 4.69) is 12.2 Å². The van der Waals surface area contributed by atoms with E-state index in [9.17, 15) is 4.79 Å². The molecule has 0 aliphatic carbocycles. The number of unbranched alkanes of at least 4 members (excludes halogenated alkanes) is 10. The van der Waals surface area contributed by atoms with Gasteiger partial charge in [-0.1, -0.05) is 101 Å². The van der Waals surface area contributed by atoms with Gasteiger partial charge in [-0.25, -0.2) is 4.79 Å². The molecule has 0 heterocycles. The van der Waals surface area contributed by atoms with Crippen LogP contribution in [0.2, 0.25) is 0 Å². The molecule has 9 nitrogen and oxygen atoms in total. The Morgan fingerprint density at radius 3 is 1.40 bits per heavy atom. The highest BCUT2D eigenvalue weighted by Gasteiger charge is 2.02. The second-order valence-electron chi connectivity index (χ2n) is 10.2. The van der Waals surface area contributed by atoms with Crippen LogP contribution in [0.5, 0.6) is 0 Å². The van der Waals surface area contributed by atoms with Crippen LogP contribution in [0.3, 0.4) is 0 Å². The van der Waals surface area contributed by atoms with Gasteiger partial charge >= 0.3 is 6.09 Å². The summed E-state index contributed by atoms with van der Waals surface area (Å²) in [6, 6.07) is 9.55. The number of hydrogen-bond donors (Lipinski definition) is 1. The van der Waals surface area contributed by atoms with Crippen molar-refractivity contribution in [1.82, 2.24) is 5.32 Å². The molecule has 244 valence electrons. The molecule has 0 saturated carbocycles. The van der Waals surface area contributed by atoms with Gasteiger partial charge in [0.1, 0.15) is 6.61 Å². The van der Waals surface area contributed by atoms with Gasteiger partial charge in [-0.2, -0.15) is 0 Å². The highest BCUT2D eigenvalue weighted by atomic mass is 16.6. The van der Waals surface area contributed by atoms with Crippen LogP contribution in [-0.2, 0) is 39.8 Å². The van der Waals surface area contributed by atoms with E-state index in [1.165, 1.54) is 64.2 Å². The first-order valence-corrected chi connectivity index (χ1v) is 16.2. The topological polar surface area (TPSA) is 93.7 Å². The Morgan fingerprint density at radius 2 is 0.929 bits per heavy atom. The minimum Gasteiger partial charge on any atom is -0.445 e. The number of carbonyl (C=O) groups is 1. The number of benzene rings is 1. The molecule has 0 saturated heterocycles. The summed E-state index contributed by atoms with van der Waals surface area (Å²) in [6.45, 7) is 9.48. The molecule has 0 aliphatic heterocycles. The van der Waals surface area contributed by atoms with Crippen LogP contribution in [0.15, 0.2) is 30.3 Å². The fraction of sp³-hybridized carbons (Fsp3) is 0.788. The van der Waals surface area contributed by atoms with Gasteiger partial charge in [-0.3, -0.25) is 0 Å². The first-order valence-electron chi connectivity index (χ1n) is 16.2. The van der Waals surface area contributed by atoms with Crippen LogP contribution in [0.4, 0.5) is 4.79 Å². The van der Waals surface area contributed by atoms with Crippen molar-refractivity contribution in [1.29, 1.82) is 0 Å². The van der Waals surface area contributed by atoms with Crippen molar-refractivity contribution < 1.29 is 38.0 Å². The van der Waals surface area contributed by atoms with Crippen LogP contribution >= 0.6 is 0 Å². The molecule has 0 fully saturated rings. The molecule has 42 heavy (non-hydrogen) atoms.